The molecular formula is C74H170N6O20Si6. The molecule has 0 radical (unpaired) electrons. The first-order valence-corrected chi connectivity index (χ1v) is 56.0. The Morgan fingerprint density at radius 1 is 0.377 bits per heavy atom. The summed E-state index contributed by atoms with van der Waals surface area (Å²) >= 11 is 0. The molecule has 0 aromatic rings. The van der Waals surface area contributed by atoms with Crippen LogP contribution in [0.1, 0.15) is 122 Å². The summed E-state index contributed by atoms with van der Waals surface area (Å²) in [6.07, 6.45) is 4.90. The van der Waals surface area contributed by atoms with E-state index in [1.54, 1.807) is 56.9 Å². The summed E-state index contributed by atoms with van der Waals surface area (Å²) in [4.78, 5) is 13.9. The van der Waals surface area contributed by atoms with Gasteiger partial charge in [-0.2, -0.15) is 0 Å². The van der Waals surface area contributed by atoms with Crippen LogP contribution >= 0.6 is 0 Å². The van der Waals surface area contributed by atoms with Gasteiger partial charge in [-0.05, 0) is 193 Å². The van der Waals surface area contributed by atoms with Crippen molar-refractivity contribution in [2.24, 2.45) is 0 Å². The van der Waals surface area contributed by atoms with Crippen LogP contribution in [-0.2, 0) is 81.5 Å². The van der Waals surface area contributed by atoms with Gasteiger partial charge < -0.3 is 121 Å². The Balaban J connectivity index is 0. The van der Waals surface area contributed by atoms with E-state index in [-0.39, 0.29) is 24.4 Å². The van der Waals surface area contributed by atoms with Gasteiger partial charge in [-0.25, -0.2) is 0 Å². The monoisotopic (exact) mass is 1630 g/mol. The summed E-state index contributed by atoms with van der Waals surface area (Å²) in [6.45, 7) is 62.7. The van der Waals surface area contributed by atoms with Gasteiger partial charge >= 0.3 is 51.4 Å². The van der Waals surface area contributed by atoms with E-state index in [9.17, 15) is 10.2 Å². The zero-order valence-electron chi connectivity index (χ0n) is 73.1. The van der Waals surface area contributed by atoms with E-state index in [1.807, 2.05) is 6.55 Å². The largest absolute Gasteiger partial charge is 0.398 e. The second-order valence-electron chi connectivity index (χ2n) is 28.7. The molecule has 32 heteroatoms. The summed E-state index contributed by atoms with van der Waals surface area (Å²) in [6, 6.07) is 5.53. The highest BCUT2D eigenvalue weighted by atomic mass is 28.4. The summed E-state index contributed by atoms with van der Waals surface area (Å²) in [5.41, 5.74) is 0. The average Bonchev–Trinajstić information content (AvgIpc) is 0.821. The van der Waals surface area contributed by atoms with Crippen LogP contribution in [0.5, 0.6) is 0 Å². The molecule has 0 spiro atoms. The SMILES string of the molecule is CCN(CC)CC(COCCC[Si](C)(OC)OC)O[Si]1(C)CCCOCC(CN(CC)CC)O1.CCN(CC)CC(O)COCCC[Si](C)(OC)OC.CCN(CC)CC(O)COCCC[Si](C)(OC)OC(COCCC[Si](C)(OC)OC)CN(CC)CC.CCN(CC)CC1COCCC[Si](C)(OC)O1. The lowest BCUT2D eigenvalue weighted by Crippen LogP contribution is -2.52. The van der Waals surface area contributed by atoms with Crippen molar-refractivity contribution in [1.82, 2.24) is 29.4 Å². The lowest BCUT2D eigenvalue weighted by Gasteiger charge is -2.38. The van der Waals surface area contributed by atoms with E-state index >= 15 is 0 Å². The summed E-state index contributed by atoms with van der Waals surface area (Å²) < 4.78 is 106. The third-order valence-corrected chi connectivity index (χ3v) is 38.4. The average molecular weight is 1630 g/mol. The van der Waals surface area contributed by atoms with Gasteiger partial charge in [0.2, 0.25) is 0 Å². The second kappa shape index (κ2) is 65.4. The number of aliphatic hydroxyl groups is 2. The van der Waals surface area contributed by atoms with Crippen molar-refractivity contribution in [2.75, 3.05) is 254 Å². The van der Waals surface area contributed by atoms with Crippen molar-refractivity contribution in [1.29, 1.82) is 0 Å². The van der Waals surface area contributed by atoms with E-state index < -0.39 is 63.6 Å². The number of hydrogen-bond acceptors (Lipinski definition) is 26. The number of rotatable bonds is 60. The maximum atomic E-state index is 10.2. The predicted octanol–water partition coefficient (Wildman–Crippen LogP) is 10.3. The van der Waals surface area contributed by atoms with Crippen LogP contribution in [0.3, 0.4) is 0 Å². The molecule has 2 saturated heterocycles. The standard InChI is InChI=1S/C25H58N2O7Si2.C24H54N2O6Si2.C13H31NO4Si.C12H27NO3Si/c1-10-26(11-2)20-24(28)22-32-16-15-19-36(9,31-7)34-25(21-27(12-3)13-4)23-33-17-14-18-35(8,29-5)30-6;1-9-25(10-2)19-23(21-29-15-13-17-33(7,27-5)28-6)31-34(8)18-14-16-30-22-24(32-34)20-26(11-3)12-4;1-6-14(7-2)11-13(15)12-18-9-8-10-19(5,16-3)17-4;1-5-13(6-2)10-12-11-15-8-7-9-17(4,14-3)16-12/h24-25,28H,10-23H2,1-9H3;23-24H,9-22H2,1-8H3;13,15H,6-12H2,1-5H3;12H,5-11H2,1-4H3. The van der Waals surface area contributed by atoms with Crippen LogP contribution in [0.15, 0.2) is 0 Å². The number of likely N-dealkylation sites (N-methyl/N-ethyl adjacent to an activating group) is 6. The Morgan fingerprint density at radius 3 is 0.981 bits per heavy atom. The molecule has 0 aromatic carbocycles. The molecule has 26 nitrogen and oxygen atoms in total. The Kier molecular flexibility index (Phi) is 66.8. The zero-order valence-corrected chi connectivity index (χ0v) is 79.1. The van der Waals surface area contributed by atoms with Gasteiger partial charge in [0.15, 0.2) is 0 Å². The summed E-state index contributed by atoms with van der Waals surface area (Å²) in [5.74, 6) is 0. The van der Waals surface area contributed by atoms with Crippen molar-refractivity contribution in [3.63, 3.8) is 0 Å². The number of ether oxygens (including phenoxy) is 6. The van der Waals surface area contributed by atoms with Crippen LogP contribution in [0.4, 0.5) is 0 Å². The third kappa shape index (κ3) is 52.0. The van der Waals surface area contributed by atoms with Crippen LogP contribution in [-0.4, -0.2) is 382 Å². The number of nitrogens with zero attached hydrogens (tertiary/aromatic N) is 6. The van der Waals surface area contributed by atoms with E-state index in [4.69, 9.17) is 81.5 Å². The minimum absolute atomic E-state index is 0.000469. The maximum Gasteiger partial charge on any atom is 0.335 e. The molecule has 2 heterocycles. The molecule has 0 bridgehead atoms. The molecule has 640 valence electrons. The molecule has 2 fully saturated rings. The first-order chi connectivity index (χ1) is 50.5. The van der Waals surface area contributed by atoms with Gasteiger partial charge in [0.1, 0.15) is 0 Å². The maximum absolute atomic E-state index is 10.2. The van der Waals surface area contributed by atoms with Crippen molar-refractivity contribution in [2.45, 2.75) is 234 Å². The molecule has 2 rings (SSSR count). The predicted molar refractivity (Wildman–Crippen MR) is 445 cm³/mol. The van der Waals surface area contributed by atoms with Crippen molar-refractivity contribution in [3.05, 3.63) is 0 Å². The minimum atomic E-state index is -2.39. The fourth-order valence-corrected chi connectivity index (χ4v) is 23.3. The van der Waals surface area contributed by atoms with E-state index in [2.05, 4.69) is 145 Å². The Hall–Kier alpha value is 0.261. The molecule has 9 unspecified atom stereocenters. The second-order valence-corrected chi connectivity index (χ2v) is 49.5. The van der Waals surface area contributed by atoms with Crippen LogP contribution in [0.2, 0.25) is 75.5 Å². The normalized spacial score (nSPS) is 20.4. The van der Waals surface area contributed by atoms with Crippen molar-refractivity contribution < 1.29 is 91.7 Å². The highest BCUT2D eigenvalue weighted by Crippen LogP contribution is 2.26. The molecular weight excluding hydrogens is 1460 g/mol. The molecule has 2 N–H and O–H groups in total. The van der Waals surface area contributed by atoms with Gasteiger partial charge in [0, 0.05) is 136 Å². The van der Waals surface area contributed by atoms with Crippen LogP contribution < -0.4 is 0 Å². The van der Waals surface area contributed by atoms with Crippen LogP contribution in [0.25, 0.3) is 0 Å². The van der Waals surface area contributed by atoms with Gasteiger partial charge in [-0.3, -0.25) is 0 Å². The minimum Gasteiger partial charge on any atom is -0.398 e. The van der Waals surface area contributed by atoms with Crippen molar-refractivity contribution >= 4 is 51.4 Å². The number of hydrogen-bond donors (Lipinski definition) is 2. The quantitative estimate of drug-likeness (QED) is 0.0426. The fraction of sp³-hybridized carbons (Fsp3) is 1.00. The van der Waals surface area contributed by atoms with Crippen LogP contribution in [0, 0.1) is 0 Å². The lowest BCUT2D eigenvalue weighted by atomic mass is 10.3. The van der Waals surface area contributed by atoms with Gasteiger partial charge in [-0.15, -0.1) is 0 Å². The first-order valence-electron chi connectivity index (χ1n) is 40.8. The Bertz CT molecular complexity index is 1950. The molecule has 0 aliphatic carbocycles. The smallest absolute Gasteiger partial charge is 0.335 e. The molecule has 106 heavy (non-hydrogen) atoms. The highest BCUT2D eigenvalue weighted by Gasteiger charge is 2.40. The molecule has 0 saturated carbocycles. The van der Waals surface area contributed by atoms with Gasteiger partial charge in [0.05, 0.1) is 76.3 Å². The van der Waals surface area contributed by atoms with E-state index in [0.717, 1.165) is 193 Å². The van der Waals surface area contributed by atoms with E-state index in [0.29, 0.717) is 79.2 Å². The van der Waals surface area contributed by atoms with Crippen molar-refractivity contribution in [3.8, 4) is 0 Å². The van der Waals surface area contributed by atoms with Gasteiger partial charge in [-0.1, -0.05) is 83.1 Å². The lowest BCUT2D eigenvalue weighted by molar-refractivity contribution is -0.0292. The fourth-order valence-electron chi connectivity index (χ4n) is 12.3. The zero-order chi connectivity index (χ0) is 80.4. The molecule has 2 aliphatic heterocycles. The topological polar surface area (TPSA) is 226 Å². The van der Waals surface area contributed by atoms with E-state index in [1.165, 1.54) is 0 Å². The third-order valence-electron chi connectivity index (χ3n) is 20.6. The van der Waals surface area contributed by atoms with Gasteiger partial charge in [0.25, 0.3) is 0 Å². The Labute approximate surface area is 656 Å². The number of aliphatic hydroxyl groups excluding tert-OH is 2. The highest BCUT2D eigenvalue weighted by molar-refractivity contribution is 6.67. The molecule has 0 amide bonds. The molecule has 9 atom stereocenters. The Morgan fingerprint density at radius 2 is 0.660 bits per heavy atom. The molecule has 2 aliphatic rings. The molecule has 0 aromatic heterocycles. The summed E-state index contributed by atoms with van der Waals surface area (Å²) in [5, 5.41) is 20.0. The first kappa shape index (κ1) is 108. The summed E-state index contributed by atoms with van der Waals surface area (Å²) in [7, 11) is 1.04.